The van der Waals surface area contributed by atoms with Gasteiger partial charge in [0.15, 0.2) is 0 Å². The summed E-state index contributed by atoms with van der Waals surface area (Å²) in [5.41, 5.74) is 12.8. The molecule has 0 spiro atoms. The van der Waals surface area contributed by atoms with Crippen LogP contribution in [0.3, 0.4) is 0 Å². The first-order valence-electron chi connectivity index (χ1n) is 23.8. The molecule has 1 aliphatic carbocycles. The third-order valence-electron chi connectivity index (χ3n) is 13.8. The van der Waals surface area contributed by atoms with Gasteiger partial charge in [0.2, 0.25) is 0 Å². The van der Waals surface area contributed by atoms with Crippen LogP contribution in [-0.2, 0) is 31.8 Å². The molecule has 0 amide bonds. The fraction of sp³-hybridized carbons (Fsp3) is 0.267. The summed E-state index contributed by atoms with van der Waals surface area (Å²) in [6.07, 6.45) is 16.2. The second-order valence-corrected chi connectivity index (χ2v) is 26.5. The van der Waals surface area contributed by atoms with E-state index >= 15 is 0 Å². The van der Waals surface area contributed by atoms with Gasteiger partial charge in [0.25, 0.3) is 0 Å². The zero-order valence-electron chi connectivity index (χ0n) is 39.9. The van der Waals surface area contributed by atoms with E-state index in [1.54, 1.807) is 11.1 Å². The molecule has 8 aromatic carbocycles. The Hall–Kier alpha value is -4.45. The van der Waals surface area contributed by atoms with E-state index in [9.17, 15) is 17.3 Å². The van der Waals surface area contributed by atoms with Gasteiger partial charge in [-0.2, -0.15) is 0 Å². The maximum atomic E-state index is 9.75. The third-order valence-corrected chi connectivity index (χ3v) is 21.3. The van der Waals surface area contributed by atoms with Crippen LogP contribution in [-0.4, -0.2) is 17.6 Å². The Morgan fingerprint density at radius 2 is 0.647 bits per heavy atom. The number of benzene rings is 8. The molecule has 0 bridgehead atoms. The van der Waals surface area contributed by atoms with Gasteiger partial charge >= 0.3 is 7.25 Å². The van der Waals surface area contributed by atoms with Crippen LogP contribution >= 0.6 is 15.8 Å². The van der Waals surface area contributed by atoms with Gasteiger partial charge in [0.1, 0.15) is 0 Å². The molecule has 0 fully saturated rings. The summed E-state index contributed by atoms with van der Waals surface area (Å²) >= 11 is 0. The third kappa shape index (κ3) is 10.4. The molecule has 0 aromatic heterocycles. The van der Waals surface area contributed by atoms with Crippen LogP contribution in [0, 0.1) is 0 Å². The van der Waals surface area contributed by atoms with E-state index in [1.807, 2.05) is 0 Å². The minimum Gasteiger partial charge on any atom is -0.418 e. The van der Waals surface area contributed by atoms with Crippen molar-refractivity contribution in [1.29, 1.82) is 0 Å². The molecule has 68 heavy (non-hydrogen) atoms. The van der Waals surface area contributed by atoms with E-state index in [0.717, 1.165) is 12.3 Å². The predicted octanol–water partition coefficient (Wildman–Crippen LogP) is 20.0. The van der Waals surface area contributed by atoms with Crippen LogP contribution in [0.25, 0.3) is 65.3 Å². The average Bonchev–Trinajstić information content (AvgIpc) is 3.54. The van der Waals surface area contributed by atoms with Crippen LogP contribution in [0.4, 0.5) is 17.3 Å². The maximum absolute atomic E-state index is 9.75. The van der Waals surface area contributed by atoms with E-state index in [2.05, 4.69) is 211 Å². The monoisotopic (exact) mass is 1030 g/mol. The Morgan fingerprint density at radius 1 is 0.382 bits per heavy atom. The number of fused-ring (bicyclic) bond motifs is 14. The Bertz CT molecular complexity index is 2940. The Kier molecular flexibility index (Phi) is 15.0. The number of hydrogen-bond acceptors (Lipinski definition) is 0. The molecule has 351 valence electrons. The summed E-state index contributed by atoms with van der Waals surface area (Å²) < 4.78 is 39.0. The smallest absolute Gasteiger partial charge is 0.418 e. The SMILES string of the molecule is C1=C\CC/C=C\CC/1.CC(C)(C)[P@]1Cc2ccc3ccccc3c2-c2c(ccc3ccccc23)[C@@H]1[C@H]1c2ccc3ccccc3c2-c2c(ccc3ccccc23)C[P@]1C(C)(C)C.F[B-](F)(F)F.[Rh]. The van der Waals surface area contributed by atoms with Gasteiger partial charge in [-0.05, 0) is 136 Å². The molecule has 0 unspecified atom stereocenters. The average molecular weight is 1030 g/mol. The van der Waals surface area contributed by atoms with Gasteiger partial charge in [-0.15, -0.1) is 0 Å². The second-order valence-electron chi connectivity index (χ2n) is 20.2. The summed E-state index contributed by atoms with van der Waals surface area (Å²) in [6, 6.07) is 56.5. The molecule has 8 aromatic rings. The number of hydrogen-bond donors (Lipinski definition) is 0. The van der Waals surface area contributed by atoms with E-state index < -0.39 is 23.1 Å². The van der Waals surface area contributed by atoms with Crippen LogP contribution in [0.2, 0.25) is 0 Å². The second kappa shape index (κ2) is 20.5. The molecule has 0 saturated carbocycles. The molecule has 4 atom stereocenters. The molecule has 3 aliphatic rings. The molecular formula is C60H60BF4P2Rh-. The van der Waals surface area contributed by atoms with Crippen LogP contribution < -0.4 is 0 Å². The van der Waals surface area contributed by atoms with Crippen molar-refractivity contribution in [2.75, 3.05) is 0 Å². The zero-order chi connectivity index (χ0) is 47.1. The maximum Gasteiger partial charge on any atom is 0.673 e. The minimum absolute atomic E-state index is 0. The molecule has 2 aliphatic heterocycles. The molecule has 8 heteroatoms. The Morgan fingerprint density at radius 3 is 0.941 bits per heavy atom. The van der Waals surface area contributed by atoms with Crippen molar-refractivity contribution in [3.63, 3.8) is 0 Å². The van der Waals surface area contributed by atoms with Gasteiger partial charge in [-0.1, -0.05) is 227 Å². The first-order valence-corrected chi connectivity index (χ1v) is 27.0. The van der Waals surface area contributed by atoms with Crippen molar-refractivity contribution in [3.8, 4) is 22.3 Å². The molecule has 11 rings (SSSR count). The fourth-order valence-corrected chi connectivity index (χ4v) is 18.2. The summed E-state index contributed by atoms with van der Waals surface area (Å²) in [7, 11) is -7.11. The van der Waals surface area contributed by atoms with Gasteiger partial charge in [-0.3, -0.25) is 0 Å². The van der Waals surface area contributed by atoms with Gasteiger partial charge in [0.05, 0.1) is 0 Å². The van der Waals surface area contributed by atoms with Crippen LogP contribution in [0.1, 0.15) is 101 Å². The molecule has 0 nitrogen and oxygen atoms in total. The zero-order valence-corrected chi connectivity index (χ0v) is 43.3. The Balaban J connectivity index is 0.000000391. The summed E-state index contributed by atoms with van der Waals surface area (Å²) in [5.74, 6) is 0. The molecule has 0 saturated heterocycles. The van der Waals surface area contributed by atoms with Crippen molar-refractivity contribution in [2.45, 2.75) is 101 Å². The van der Waals surface area contributed by atoms with Gasteiger partial charge < -0.3 is 17.3 Å². The van der Waals surface area contributed by atoms with Crippen LogP contribution in [0.5, 0.6) is 0 Å². The van der Waals surface area contributed by atoms with Crippen molar-refractivity contribution in [2.24, 2.45) is 0 Å². The predicted molar refractivity (Wildman–Crippen MR) is 287 cm³/mol. The van der Waals surface area contributed by atoms with Crippen LogP contribution in [0.15, 0.2) is 170 Å². The molecule has 1 radical (unpaired) electrons. The van der Waals surface area contributed by atoms with Crippen molar-refractivity contribution < 1.29 is 36.7 Å². The van der Waals surface area contributed by atoms with Crippen molar-refractivity contribution >= 4 is 66.2 Å². The first kappa shape index (κ1) is 50.0. The Labute approximate surface area is 416 Å². The number of allylic oxidation sites excluding steroid dienone is 4. The van der Waals surface area contributed by atoms with E-state index in [1.165, 1.54) is 102 Å². The van der Waals surface area contributed by atoms with E-state index in [-0.39, 0.29) is 29.8 Å². The normalized spacial score (nSPS) is 20.0. The standard InChI is InChI=1S/C52H48P2.C8H12.BF4.Rh/c1-51(2,3)53-31-37-25-23-33-15-7-11-19-39(33)45(37)47-41-21-13-9-17-35(41)27-29-43(47)49(53)50-44-30-28-36-18-10-14-22-42(36)48(44)46-38(32-54(50)52(4,5)6)26-24-34-16-8-12-20-40(34)46;1-2-4-6-8-7-5-3-1;2-1(3,4)5;/h7-30,49-50H,31-32H2,1-6H3;1-2,7-8H,3-6H2;;/q;;-1;/b;2-1-,8-7-;;/t49-,50-,53-,54+;;;/m1.../s1. The number of rotatable bonds is 1. The minimum atomic E-state index is -6.00. The van der Waals surface area contributed by atoms with Gasteiger partial charge in [-0.25, -0.2) is 0 Å². The largest absolute Gasteiger partial charge is 0.673 e. The molecule has 0 N–H and O–H groups in total. The fourth-order valence-electron chi connectivity index (χ4n) is 10.9. The molecular weight excluding hydrogens is 972 g/mol. The number of halogens is 4. The molecule has 2 heterocycles. The van der Waals surface area contributed by atoms with E-state index in [4.69, 9.17) is 0 Å². The van der Waals surface area contributed by atoms with Gasteiger partial charge in [0, 0.05) is 30.8 Å². The summed E-state index contributed by atoms with van der Waals surface area (Å²) in [6.45, 7) is 15.3. The summed E-state index contributed by atoms with van der Waals surface area (Å²) in [4.78, 5) is 0. The quantitative estimate of drug-likeness (QED) is 0.0665. The van der Waals surface area contributed by atoms with Crippen molar-refractivity contribution in [3.05, 3.63) is 192 Å². The summed E-state index contributed by atoms with van der Waals surface area (Å²) in [5, 5.41) is 11.1. The van der Waals surface area contributed by atoms with Crippen molar-refractivity contribution in [1.82, 2.24) is 0 Å². The van der Waals surface area contributed by atoms with E-state index in [0.29, 0.717) is 11.3 Å². The first-order chi connectivity index (χ1) is 32.1. The topological polar surface area (TPSA) is 0 Å².